The molecule has 0 aliphatic carbocycles. The van der Waals surface area contributed by atoms with Gasteiger partial charge in [0.1, 0.15) is 5.75 Å². The quantitative estimate of drug-likeness (QED) is 0.686. The highest BCUT2D eigenvalue weighted by Crippen LogP contribution is 2.41. The molecule has 2 atom stereocenters. The molecule has 1 fully saturated rings. The van der Waals surface area contributed by atoms with Crippen LogP contribution in [0.1, 0.15) is 54.5 Å². The van der Waals surface area contributed by atoms with E-state index in [1.807, 2.05) is 13.0 Å². The first-order valence-corrected chi connectivity index (χ1v) is 12.0. The summed E-state index contributed by atoms with van der Waals surface area (Å²) in [4.78, 5) is 4.92. The number of ether oxygens (including phenoxy) is 1. The molecule has 2 aromatic carbocycles. The standard InChI is InChI=1S/C27H38N2O2/c1-4-14-28(3)19-26-23-11-10-20(2)27(30)24(23)17-25(31-26)22-12-15-29(16-13-22)18-21-8-6-5-7-9-21/h5-11,22,25-26,30H,4,12-19H2,1-3H3/t25-,26?/m0/s1. The van der Waals surface area contributed by atoms with Crippen molar-refractivity contribution in [2.75, 3.05) is 33.2 Å². The number of likely N-dealkylation sites (tertiary alicyclic amines) is 1. The fourth-order valence-corrected chi connectivity index (χ4v) is 5.32. The zero-order valence-electron chi connectivity index (χ0n) is 19.4. The average molecular weight is 423 g/mol. The van der Waals surface area contributed by atoms with E-state index in [0.717, 1.165) is 69.5 Å². The van der Waals surface area contributed by atoms with Crippen LogP contribution in [0, 0.1) is 12.8 Å². The highest BCUT2D eigenvalue weighted by molar-refractivity contribution is 5.47. The number of piperidine rings is 1. The Morgan fingerprint density at radius 3 is 2.55 bits per heavy atom. The number of likely N-dealkylation sites (N-methyl/N-ethyl adjacent to an activating group) is 1. The van der Waals surface area contributed by atoms with Crippen LogP contribution in [0.3, 0.4) is 0 Å². The second-order valence-electron chi connectivity index (χ2n) is 9.53. The van der Waals surface area contributed by atoms with Gasteiger partial charge in [-0.15, -0.1) is 0 Å². The number of aryl methyl sites for hydroxylation is 1. The Morgan fingerprint density at radius 2 is 1.84 bits per heavy atom. The van der Waals surface area contributed by atoms with Crippen LogP contribution in [0.25, 0.3) is 0 Å². The predicted molar refractivity (Wildman–Crippen MR) is 126 cm³/mol. The van der Waals surface area contributed by atoms with Crippen LogP contribution >= 0.6 is 0 Å². The van der Waals surface area contributed by atoms with Crippen molar-refractivity contribution < 1.29 is 9.84 Å². The van der Waals surface area contributed by atoms with Gasteiger partial charge in [-0.3, -0.25) is 4.90 Å². The van der Waals surface area contributed by atoms with E-state index < -0.39 is 0 Å². The van der Waals surface area contributed by atoms with Gasteiger partial charge in [0.05, 0.1) is 12.2 Å². The first-order chi connectivity index (χ1) is 15.0. The summed E-state index contributed by atoms with van der Waals surface area (Å²) in [5.41, 5.74) is 4.67. The molecular weight excluding hydrogens is 384 g/mol. The van der Waals surface area contributed by atoms with Crippen LogP contribution in [0.2, 0.25) is 0 Å². The molecule has 1 unspecified atom stereocenters. The largest absolute Gasteiger partial charge is 0.507 e. The van der Waals surface area contributed by atoms with E-state index in [1.165, 1.54) is 11.1 Å². The Bertz CT molecular complexity index is 846. The number of hydrogen-bond acceptors (Lipinski definition) is 4. The predicted octanol–water partition coefficient (Wildman–Crippen LogP) is 4.94. The molecule has 0 radical (unpaired) electrons. The second kappa shape index (κ2) is 10.2. The van der Waals surface area contributed by atoms with Crippen molar-refractivity contribution in [3.63, 3.8) is 0 Å². The van der Waals surface area contributed by atoms with Crippen LogP contribution in [-0.4, -0.2) is 54.2 Å². The molecule has 2 aromatic rings. The summed E-state index contributed by atoms with van der Waals surface area (Å²) in [5, 5.41) is 10.8. The molecule has 2 aliphatic rings. The monoisotopic (exact) mass is 422 g/mol. The van der Waals surface area contributed by atoms with Crippen LogP contribution in [0.4, 0.5) is 0 Å². The fraction of sp³-hybridized carbons (Fsp3) is 0.556. The molecule has 1 saturated heterocycles. The van der Waals surface area contributed by atoms with E-state index in [2.05, 4.69) is 60.2 Å². The van der Waals surface area contributed by atoms with Crippen molar-refractivity contribution in [1.29, 1.82) is 0 Å². The van der Waals surface area contributed by atoms with E-state index in [0.29, 0.717) is 11.7 Å². The third kappa shape index (κ3) is 5.31. The van der Waals surface area contributed by atoms with E-state index in [4.69, 9.17) is 4.74 Å². The molecule has 2 heterocycles. The molecule has 31 heavy (non-hydrogen) atoms. The van der Waals surface area contributed by atoms with Gasteiger partial charge in [0, 0.05) is 25.1 Å². The van der Waals surface area contributed by atoms with Crippen LogP contribution in [0.15, 0.2) is 42.5 Å². The summed E-state index contributed by atoms with van der Waals surface area (Å²) in [6, 6.07) is 15.0. The zero-order chi connectivity index (χ0) is 21.8. The van der Waals surface area contributed by atoms with Gasteiger partial charge in [0.2, 0.25) is 0 Å². The summed E-state index contributed by atoms with van der Waals surface area (Å²) < 4.78 is 6.75. The molecule has 4 nitrogen and oxygen atoms in total. The smallest absolute Gasteiger partial charge is 0.122 e. The maximum Gasteiger partial charge on any atom is 0.122 e. The first-order valence-electron chi connectivity index (χ1n) is 12.0. The Labute approximate surface area is 187 Å². The summed E-state index contributed by atoms with van der Waals surface area (Å²) >= 11 is 0. The van der Waals surface area contributed by atoms with Crippen molar-refractivity contribution in [2.45, 2.75) is 58.3 Å². The number of phenolic OH excluding ortho intramolecular Hbond substituents is 1. The van der Waals surface area contributed by atoms with Crippen molar-refractivity contribution in [2.24, 2.45) is 5.92 Å². The molecular formula is C27H38N2O2. The Hall–Kier alpha value is -1.88. The van der Waals surface area contributed by atoms with Crippen molar-refractivity contribution in [3.8, 4) is 5.75 Å². The molecule has 168 valence electrons. The number of aromatic hydroxyl groups is 1. The number of phenols is 1. The Morgan fingerprint density at radius 1 is 1.10 bits per heavy atom. The highest BCUT2D eigenvalue weighted by atomic mass is 16.5. The van der Waals surface area contributed by atoms with E-state index >= 15 is 0 Å². The molecule has 0 spiro atoms. The lowest BCUT2D eigenvalue weighted by molar-refractivity contribution is -0.0776. The van der Waals surface area contributed by atoms with Gasteiger partial charge in [-0.05, 0) is 75.5 Å². The van der Waals surface area contributed by atoms with E-state index in [1.54, 1.807) is 0 Å². The molecule has 0 bridgehead atoms. The Balaban J connectivity index is 1.44. The number of rotatable bonds is 7. The molecule has 1 N–H and O–H groups in total. The summed E-state index contributed by atoms with van der Waals surface area (Å²) in [5.74, 6) is 1.04. The third-order valence-corrected chi connectivity index (χ3v) is 7.10. The third-order valence-electron chi connectivity index (χ3n) is 7.10. The van der Waals surface area contributed by atoms with Crippen LogP contribution in [0.5, 0.6) is 5.75 Å². The van der Waals surface area contributed by atoms with Crippen molar-refractivity contribution in [1.82, 2.24) is 9.80 Å². The number of fused-ring (bicyclic) bond motifs is 1. The molecule has 0 amide bonds. The van der Waals surface area contributed by atoms with Gasteiger partial charge in [0.25, 0.3) is 0 Å². The van der Waals surface area contributed by atoms with Gasteiger partial charge < -0.3 is 14.7 Å². The van der Waals surface area contributed by atoms with Gasteiger partial charge in [-0.25, -0.2) is 0 Å². The highest BCUT2D eigenvalue weighted by Gasteiger charge is 2.36. The second-order valence-corrected chi connectivity index (χ2v) is 9.53. The number of benzene rings is 2. The zero-order valence-corrected chi connectivity index (χ0v) is 19.4. The molecule has 0 saturated carbocycles. The summed E-state index contributed by atoms with van der Waals surface area (Å²) in [6.07, 6.45) is 4.53. The summed E-state index contributed by atoms with van der Waals surface area (Å²) in [6.45, 7) is 9.43. The molecule has 4 heteroatoms. The molecule has 4 rings (SSSR count). The minimum absolute atomic E-state index is 0.0409. The maximum absolute atomic E-state index is 10.8. The SMILES string of the molecule is CCCN(C)CC1O[C@H](C2CCN(Cc3ccccc3)CC2)Cc2c1ccc(C)c2O. The average Bonchev–Trinajstić information content (AvgIpc) is 2.78. The molecule has 0 aromatic heterocycles. The fourth-order valence-electron chi connectivity index (χ4n) is 5.32. The first kappa shape index (κ1) is 22.3. The van der Waals surface area contributed by atoms with E-state index in [9.17, 15) is 5.11 Å². The lowest BCUT2D eigenvalue weighted by Crippen LogP contribution is -2.42. The van der Waals surface area contributed by atoms with Gasteiger partial charge in [-0.1, -0.05) is 49.4 Å². The summed E-state index contributed by atoms with van der Waals surface area (Å²) in [7, 11) is 2.17. The minimum atomic E-state index is 0.0409. The number of nitrogens with zero attached hydrogens (tertiary/aromatic N) is 2. The number of hydrogen-bond donors (Lipinski definition) is 1. The maximum atomic E-state index is 10.8. The van der Waals surface area contributed by atoms with Crippen LogP contribution in [-0.2, 0) is 17.7 Å². The Kier molecular flexibility index (Phi) is 7.31. The van der Waals surface area contributed by atoms with Gasteiger partial charge >= 0.3 is 0 Å². The van der Waals surface area contributed by atoms with E-state index in [-0.39, 0.29) is 12.2 Å². The molecule has 2 aliphatic heterocycles. The van der Waals surface area contributed by atoms with Crippen molar-refractivity contribution >= 4 is 0 Å². The lowest BCUT2D eigenvalue weighted by atomic mass is 9.83. The van der Waals surface area contributed by atoms with Crippen molar-refractivity contribution in [3.05, 3.63) is 64.7 Å². The minimum Gasteiger partial charge on any atom is -0.507 e. The van der Waals surface area contributed by atoms with Crippen LogP contribution < -0.4 is 0 Å². The van der Waals surface area contributed by atoms with Gasteiger partial charge in [0.15, 0.2) is 0 Å². The lowest BCUT2D eigenvalue weighted by Gasteiger charge is -2.41. The topological polar surface area (TPSA) is 35.9 Å². The normalized spacial score (nSPS) is 22.6. The van der Waals surface area contributed by atoms with Gasteiger partial charge in [-0.2, -0.15) is 0 Å².